The molecule has 268 valence electrons. The Bertz CT molecular complexity index is 2690. The molecule has 0 radical (unpaired) electrons. The van der Waals surface area contributed by atoms with E-state index in [9.17, 15) is 31.0 Å². The van der Waals surface area contributed by atoms with Gasteiger partial charge in [0.05, 0.1) is 39.0 Å². The number of fused-ring (bicyclic) bond motifs is 1. The Morgan fingerprint density at radius 3 is 1.64 bits per heavy atom. The molecule has 0 aliphatic rings. The minimum absolute atomic E-state index is 0. The molecule has 21 heteroatoms. The molecular formula is C34H25N9Na2O7S3. The number of rotatable bonds is 10. The molecule has 0 bridgehead atoms. The summed E-state index contributed by atoms with van der Waals surface area (Å²) in [7, 11) is -10.4. The molecule has 0 heterocycles. The fourth-order valence-electron chi connectivity index (χ4n) is 4.86. The standard InChI is InChI=1S/C34H27N9O7S3.2Na/c35-20-6-15-27(26(36)18-20)41-38-22-7-11-24(12-8-22)51-25-13-9-23(10-14-25)40-43-33-29(53(48,49)50)17-19-16-28(52(45,46)47)32(31(37)30(19)34(33)44)42-39-21-4-2-1-3-5-21;;/h1-18,44H,35-37H2,(H,45,46,47)(H,48,49,50);;/q;2*+1/p-2. The van der Waals surface area contributed by atoms with Gasteiger partial charge in [-0.05, 0) is 96.4 Å². The zero-order chi connectivity index (χ0) is 37.9. The molecule has 6 aromatic carbocycles. The summed E-state index contributed by atoms with van der Waals surface area (Å²) in [6, 6.07) is 28.3. The quantitative estimate of drug-likeness (QED) is 0.0673. The van der Waals surface area contributed by atoms with E-state index in [0.717, 1.165) is 21.9 Å². The first-order valence-electron chi connectivity index (χ1n) is 15.0. The summed E-state index contributed by atoms with van der Waals surface area (Å²) in [5, 5.41) is 36.9. The van der Waals surface area contributed by atoms with E-state index in [1.807, 2.05) is 12.1 Å². The van der Waals surface area contributed by atoms with E-state index >= 15 is 0 Å². The molecule has 6 aromatic rings. The summed E-state index contributed by atoms with van der Waals surface area (Å²) in [4.78, 5) is -0.269. The van der Waals surface area contributed by atoms with Crippen LogP contribution < -0.4 is 81.4 Å². The second kappa shape index (κ2) is 18.1. The van der Waals surface area contributed by atoms with Crippen molar-refractivity contribution in [1.82, 2.24) is 0 Å². The number of anilines is 3. The van der Waals surface area contributed by atoms with Gasteiger partial charge < -0.3 is 26.9 Å². The minimum Gasteiger partial charge on any atom is -0.870 e. The summed E-state index contributed by atoms with van der Waals surface area (Å²) >= 11 is 1.42. The van der Waals surface area contributed by atoms with E-state index in [4.69, 9.17) is 17.2 Å². The van der Waals surface area contributed by atoms with Crippen molar-refractivity contribution in [1.29, 1.82) is 0 Å². The monoisotopic (exact) mass is 813 g/mol. The van der Waals surface area contributed by atoms with Crippen LogP contribution in [0.3, 0.4) is 0 Å². The Balaban J connectivity index is 0.00000336. The maximum absolute atomic E-state index is 13.7. The first-order chi connectivity index (χ1) is 25.2. The van der Waals surface area contributed by atoms with Crippen LogP contribution in [0.2, 0.25) is 0 Å². The van der Waals surface area contributed by atoms with Crippen molar-refractivity contribution in [3.05, 3.63) is 109 Å². The van der Waals surface area contributed by atoms with Gasteiger partial charge in [-0.15, -0.1) is 15.3 Å². The van der Waals surface area contributed by atoms with Gasteiger partial charge in [-0.2, -0.15) is 23.8 Å². The van der Waals surface area contributed by atoms with Crippen LogP contribution in [0.15, 0.2) is 159 Å². The fourth-order valence-corrected chi connectivity index (χ4v) is 6.99. The maximum atomic E-state index is 13.7. The molecule has 0 saturated heterocycles. The number of nitrogens with zero attached hydrogens (tertiary/aromatic N) is 6. The van der Waals surface area contributed by atoms with Crippen LogP contribution in [0.25, 0.3) is 10.8 Å². The third-order valence-electron chi connectivity index (χ3n) is 7.36. The Labute approximate surface area is 363 Å². The predicted molar refractivity (Wildman–Crippen MR) is 197 cm³/mol. The van der Waals surface area contributed by atoms with Crippen molar-refractivity contribution in [3.63, 3.8) is 0 Å². The van der Waals surface area contributed by atoms with Gasteiger partial charge in [-0.25, -0.2) is 8.42 Å². The van der Waals surface area contributed by atoms with E-state index in [2.05, 4.69) is 30.7 Å². The van der Waals surface area contributed by atoms with Crippen LogP contribution in [0.4, 0.5) is 51.2 Å². The van der Waals surface area contributed by atoms with Crippen molar-refractivity contribution in [2.75, 3.05) is 17.2 Å². The van der Waals surface area contributed by atoms with Crippen molar-refractivity contribution in [2.45, 2.75) is 19.6 Å². The molecule has 0 aromatic heterocycles. The molecule has 0 atom stereocenters. The van der Waals surface area contributed by atoms with Crippen LogP contribution >= 0.6 is 11.8 Å². The Kier molecular flexibility index (Phi) is 14.3. The third-order valence-corrected chi connectivity index (χ3v) is 10.1. The summed E-state index contributed by atoms with van der Waals surface area (Å²) < 4.78 is 71.2. The molecule has 0 aliphatic carbocycles. The normalized spacial score (nSPS) is 12.0. The summed E-state index contributed by atoms with van der Waals surface area (Å²) in [6.45, 7) is 0. The van der Waals surface area contributed by atoms with Crippen LogP contribution in [-0.2, 0) is 20.2 Å². The molecule has 0 unspecified atom stereocenters. The van der Waals surface area contributed by atoms with E-state index in [-0.39, 0.29) is 75.9 Å². The summed E-state index contributed by atoms with van der Waals surface area (Å²) in [6.07, 6.45) is 0. The van der Waals surface area contributed by atoms with Gasteiger partial charge in [0.25, 0.3) is 10.1 Å². The maximum Gasteiger partial charge on any atom is 1.00 e. The number of azo groups is 3. The molecule has 0 saturated carbocycles. The zero-order valence-electron chi connectivity index (χ0n) is 28.9. The van der Waals surface area contributed by atoms with Crippen molar-refractivity contribution >= 4 is 94.0 Å². The van der Waals surface area contributed by atoms with Gasteiger partial charge in [0.2, 0.25) is 0 Å². The molecular weight excluding hydrogens is 789 g/mol. The van der Waals surface area contributed by atoms with Crippen molar-refractivity contribution in [2.24, 2.45) is 30.7 Å². The second-order valence-electron chi connectivity index (χ2n) is 11.1. The van der Waals surface area contributed by atoms with E-state index in [1.165, 1.54) is 11.8 Å². The van der Waals surface area contributed by atoms with Crippen LogP contribution in [0.5, 0.6) is 5.75 Å². The predicted octanol–water partition coefficient (Wildman–Crippen LogP) is 2.22. The van der Waals surface area contributed by atoms with Crippen LogP contribution in [0.1, 0.15) is 0 Å². The average molecular weight is 814 g/mol. The molecule has 0 fully saturated rings. The molecule has 7 N–H and O–H groups in total. The van der Waals surface area contributed by atoms with Gasteiger partial charge in [-0.3, -0.25) is 4.55 Å². The van der Waals surface area contributed by atoms with Gasteiger partial charge in [-0.1, -0.05) is 35.7 Å². The minimum atomic E-state index is -5.27. The van der Waals surface area contributed by atoms with Gasteiger partial charge in [0.1, 0.15) is 26.4 Å². The van der Waals surface area contributed by atoms with Gasteiger partial charge in [0.15, 0.2) is 0 Å². The van der Waals surface area contributed by atoms with Crippen molar-refractivity contribution < 1.29 is 90.2 Å². The molecule has 16 nitrogen and oxygen atoms in total. The Morgan fingerprint density at radius 1 is 0.600 bits per heavy atom. The molecule has 0 aliphatic heterocycles. The number of benzene rings is 6. The smallest absolute Gasteiger partial charge is 0.870 e. The number of hydrogen-bond donors (Lipinski definition) is 4. The zero-order valence-corrected chi connectivity index (χ0v) is 35.4. The van der Waals surface area contributed by atoms with Gasteiger partial charge in [0, 0.05) is 20.9 Å². The van der Waals surface area contributed by atoms with Crippen LogP contribution in [-0.4, -0.2) is 25.9 Å². The van der Waals surface area contributed by atoms with Crippen molar-refractivity contribution in [3.8, 4) is 5.75 Å². The Hall–Kier alpha value is -4.25. The van der Waals surface area contributed by atoms with Gasteiger partial charge >= 0.3 is 59.1 Å². The Morgan fingerprint density at radius 2 is 1.11 bits per heavy atom. The second-order valence-corrected chi connectivity index (χ2v) is 14.9. The SMILES string of the molecule is Nc1ccc(N=Nc2ccc(Sc3ccc(N=Nc4c(S(=O)(=O)O)cc5cc(S(=O)(=O)[O-])c(N=Nc6ccccc6)c(N)c5c4[O-])cc3)cc2)c(N)c1.[Na+].[Na+]. The molecule has 55 heavy (non-hydrogen) atoms. The molecule has 0 spiro atoms. The number of nitrogens with two attached hydrogens (primary N) is 3. The number of nitrogen functional groups attached to an aromatic ring is 3. The topological polar surface area (TPSA) is 287 Å². The molecule has 6 rings (SSSR count). The summed E-state index contributed by atoms with van der Waals surface area (Å²) in [5.74, 6) is -1.13. The first-order valence-corrected chi connectivity index (χ1v) is 18.7. The fraction of sp³-hybridized carbons (Fsp3) is 0. The molecule has 0 amide bonds. The van der Waals surface area contributed by atoms with E-state index in [1.54, 1.807) is 84.9 Å². The first kappa shape index (κ1) is 43.5. The third kappa shape index (κ3) is 10.5. The van der Waals surface area contributed by atoms with Crippen LogP contribution in [0, 0.1) is 0 Å². The average Bonchev–Trinajstić information content (AvgIpc) is 3.11. The largest absolute Gasteiger partial charge is 1.00 e. The van der Waals surface area contributed by atoms with E-state index < -0.39 is 58.2 Å². The van der Waals surface area contributed by atoms with E-state index in [0.29, 0.717) is 22.7 Å². The summed E-state index contributed by atoms with van der Waals surface area (Å²) in [5.41, 5.74) is 18.3. The number of hydrogen-bond acceptors (Lipinski definition) is 16.